The molecule has 1 nitrogen and oxygen atoms in total. The summed E-state index contributed by atoms with van der Waals surface area (Å²) in [6.07, 6.45) is 5.92. The summed E-state index contributed by atoms with van der Waals surface area (Å²) < 4.78 is 2.85. The van der Waals surface area contributed by atoms with Crippen LogP contribution < -0.4 is 0 Å². The number of rotatable bonds is 2. The van der Waals surface area contributed by atoms with Gasteiger partial charge in [0.1, 0.15) is 0 Å². The lowest BCUT2D eigenvalue weighted by Gasteiger charge is -2.40. The zero-order chi connectivity index (χ0) is 9.19. The van der Waals surface area contributed by atoms with E-state index in [4.69, 9.17) is 0 Å². The minimum absolute atomic E-state index is 0.167. The van der Waals surface area contributed by atoms with Crippen LogP contribution in [0.5, 0.6) is 0 Å². The van der Waals surface area contributed by atoms with E-state index >= 15 is 0 Å². The van der Waals surface area contributed by atoms with E-state index in [1.54, 1.807) is 0 Å². The van der Waals surface area contributed by atoms with Gasteiger partial charge in [-0.05, 0) is 33.6 Å². The summed E-state index contributed by atoms with van der Waals surface area (Å²) in [4.78, 5) is 0. The Kier molecular flexibility index (Phi) is 3.55. The minimum atomic E-state index is 0.167. The number of hydrogen-bond acceptors (Lipinski definition) is 1. The molecule has 0 amide bonds. The van der Waals surface area contributed by atoms with Crippen LogP contribution in [0.1, 0.15) is 46.5 Å². The Morgan fingerprint density at radius 3 is 2.08 bits per heavy atom. The summed E-state index contributed by atoms with van der Waals surface area (Å²) >= 11 is 0. The summed E-state index contributed by atoms with van der Waals surface area (Å²) in [5.74, 6) is 0. The van der Waals surface area contributed by atoms with E-state index in [0.29, 0.717) is 5.54 Å². The highest BCUT2D eigenvalue weighted by molar-refractivity contribution is 6.87. The largest absolute Gasteiger partial charge is 0.325 e. The molecular formula is C9H23NSi2. The smallest absolute Gasteiger partial charge is 0.0766 e. The highest BCUT2D eigenvalue weighted by Gasteiger charge is 2.28. The maximum atomic E-state index is 2.85. The normalized spacial score (nSPS) is 22.0. The molecule has 0 spiro atoms. The van der Waals surface area contributed by atoms with Crippen LogP contribution in [-0.2, 0) is 0 Å². The lowest BCUT2D eigenvalue weighted by Crippen LogP contribution is -2.49. The molecule has 1 fully saturated rings. The Morgan fingerprint density at radius 1 is 1.25 bits per heavy atom. The Bertz CT molecular complexity index is 136. The van der Waals surface area contributed by atoms with Crippen molar-refractivity contribution in [3.8, 4) is 0 Å². The molecule has 1 rings (SSSR count). The van der Waals surface area contributed by atoms with E-state index in [9.17, 15) is 0 Å². The summed E-state index contributed by atoms with van der Waals surface area (Å²) in [5.41, 5.74) is 0.461. The molecule has 0 aromatic heterocycles. The molecule has 1 aliphatic rings. The maximum absolute atomic E-state index is 2.85. The van der Waals surface area contributed by atoms with E-state index < -0.39 is 0 Å². The van der Waals surface area contributed by atoms with Crippen LogP contribution in [0.25, 0.3) is 0 Å². The third-order valence-corrected chi connectivity index (χ3v) is 7.16. The fourth-order valence-corrected chi connectivity index (χ4v) is 8.72. The van der Waals surface area contributed by atoms with Crippen molar-refractivity contribution >= 4 is 19.0 Å². The van der Waals surface area contributed by atoms with E-state index in [2.05, 4.69) is 25.3 Å². The fourth-order valence-electron chi connectivity index (χ4n) is 2.50. The van der Waals surface area contributed by atoms with Gasteiger partial charge >= 0.3 is 0 Å². The van der Waals surface area contributed by atoms with Gasteiger partial charge in [-0.2, -0.15) is 0 Å². The molecule has 0 heterocycles. The van der Waals surface area contributed by atoms with Crippen molar-refractivity contribution in [2.75, 3.05) is 0 Å². The molecule has 0 N–H and O–H groups in total. The van der Waals surface area contributed by atoms with Crippen molar-refractivity contribution in [3.05, 3.63) is 0 Å². The van der Waals surface area contributed by atoms with Gasteiger partial charge in [-0.1, -0.05) is 12.8 Å². The van der Waals surface area contributed by atoms with Gasteiger partial charge in [-0.25, -0.2) is 0 Å². The molecule has 0 unspecified atom stereocenters. The minimum Gasteiger partial charge on any atom is -0.325 e. The molecule has 0 atom stereocenters. The second kappa shape index (κ2) is 4.07. The van der Waals surface area contributed by atoms with Gasteiger partial charge in [0.25, 0.3) is 0 Å². The third kappa shape index (κ3) is 2.44. The standard InChI is InChI=1S/C9H23NSi2/c1-9(2,3)10(12-11)8-6-4-5-7-8/h8H,4-7,12H2,1-3,11H3. The van der Waals surface area contributed by atoms with Crippen molar-refractivity contribution in [1.29, 1.82) is 0 Å². The van der Waals surface area contributed by atoms with Crippen molar-refractivity contribution in [2.24, 2.45) is 0 Å². The summed E-state index contributed by atoms with van der Waals surface area (Å²) in [5, 5.41) is 0. The van der Waals surface area contributed by atoms with Crippen LogP contribution in [-0.4, -0.2) is 35.1 Å². The second-order valence-electron chi connectivity index (χ2n) is 4.90. The molecule has 1 aliphatic carbocycles. The van der Waals surface area contributed by atoms with E-state index in [1.807, 2.05) is 0 Å². The van der Waals surface area contributed by atoms with Gasteiger partial charge in [0.15, 0.2) is 0 Å². The molecule has 12 heavy (non-hydrogen) atoms. The molecule has 0 saturated heterocycles. The summed E-state index contributed by atoms with van der Waals surface area (Å²) in [6.45, 7) is 7.16. The van der Waals surface area contributed by atoms with Gasteiger partial charge in [-0.3, -0.25) is 0 Å². The lowest BCUT2D eigenvalue weighted by molar-refractivity contribution is 0.196. The summed E-state index contributed by atoms with van der Waals surface area (Å²) in [7, 11) is 1.62. The molecule has 0 radical (unpaired) electrons. The fraction of sp³-hybridized carbons (Fsp3) is 1.00. The molecule has 3 heteroatoms. The van der Waals surface area contributed by atoms with E-state index in [0.717, 1.165) is 6.04 Å². The Balaban J connectivity index is 2.54. The van der Waals surface area contributed by atoms with Crippen LogP contribution in [0, 0.1) is 0 Å². The number of hydrogen-bond donors (Lipinski definition) is 0. The highest BCUT2D eigenvalue weighted by atomic mass is 29.1. The quantitative estimate of drug-likeness (QED) is 0.585. The monoisotopic (exact) mass is 201 g/mol. The Labute approximate surface area is 82.0 Å². The Hall–Kier alpha value is 0.394. The van der Waals surface area contributed by atoms with Gasteiger partial charge in [0.2, 0.25) is 0 Å². The van der Waals surface area contributed by atoms with Gasteiger partial charge in [0, 0.05) is 21.3 Å². The molecule has 0 aromatic rings. The van der Waals surface area contributed by atoms with Crippen molar-refractivity contribution < 1.29 is 0 Å². The second-order valence-corrected chi connectivity index (χ2v) is 8.11. The topological polar surface area (TPSA) is 3.24 Å². The first-order chi connectivity index (χ1) is 5.55. The lowest BCUT2D eigenvalue weighted by atomic mass is 10.1. The van der Waals surface area contributed by atoms with Crippen molar-refractivity contribution in [1.82, 2.24) is 4.57 Å². The van der Waals surface area contributed by atoms with Crippen molar-refractivity contribution in [3.63, 3.8) is 0 Å². The van der Waals surface area contributed by atoms with Crippen LogP contribution in [0.2, 0.25) is 0 Å². The molecular weight excluding hydrogens is 178 g/mol. The van der Waals surface area contributed by atoms with Crippen LogP contribution in [0.4, 0.5) is 0 Å². The van der Waals surface area contributed by atoms with E-state index in [-0.39, 0.29) is 9.20 Å². The predicted octanol–water partition coefficient (Wildman–Crippen LogP) is 0.394. The highest BCUT2D eigenvalue weighted by Crippen LogP contribution is 2.27. The molecule has 0 aromatic carbocycles. The first kappa shape index (κ1) is 10.5. The summed E-state index contributed by atoms with van der Waals surface area (Å²) in [6, 6.07) is 0.967. The van der Waals surface area contributed by atoms with Gasteiger partial charge in [0.05, 0.1) is 9.20 Å². The first-order valence-corrected chi connectivity index (χ1v) is 11.6. The molecule has 72 valence electrons. The molecule has 0 bridgehead atoms. The predicted molar refractivity (Wildman–Crippen MR) is 62.3 cm³/mol. The zero-order valence-electron chi connectivity index (χ0n) is 9.06. The molecule has 1 saturated carbocycles. The van der Waals surface area contributed by atoms with Crippen LogP contribution >= 0.6 is 0 Å². The van der Waals surface area contributed by atoms with Gasteiger partial charge < -0.3 is 4.57 Å². The maximum Gasteiger partial charge on any atom is 0.0766 e. The van der Waals surface area contributed by atoms with E-state index in [1.165, 1.54) is 35.4 Å². The molecule has 0 aliphatic heterocycles. The average molecular weight is 201 g/mol. The first-order valence-electron chi connectivity index (χ1n) is 5.32. The third-order valence-electron chi connectivity index (χ3n) is 2.97. The Morgan fingerprint density at radius 2 is 1.75 bits per heavy atom. The SMILES string of the molecule is CC(C)(C)N([SiH2][SiH3])C1CCCC1. The average Bonchev–Trinajstić information content (AvgIpc) is 2.38. The van der Waals surface area contributed by atoms with Crippen LogP contribution in [0.3, 0.4) is 0 Å². The zero-order valence-corrected chi connectivity index (χ0v) is 12.5. The van der Waals surface area contributed by atoms with Crippen molar-refractivity contribution in [2.45, 2.75) is 58.0 Å². The van der Waals surface area contributed by atoms with Crippen LogP contribution in [0.15, 0.2) is 0 Å². The number of nitrogens with zero attached hydrogens (tertiary/aromatic N) is 1. The van der Waals surface area contributed by atoms with Gasteiger partial charge in [-0.15, -0.1) is 0 Å².